The van der Waals surface area contributed by atoms with Gasteiger partial charge in [-0.1, -0.05) is 147 Å². The highest BCUT2D eigenvalue weighted by atomic mass is 14.5. The number of hydrogen-bond donors (Lipinski definition) is 0. The quantitative estimate of drug-likeness (QED) is 0.165. The molecule has 0 aromatic heterocycles. The van der Waals surface area contributed by atoms with Crippen LogP contribution in [0.25, 0.3) is 76.8 Å². The van der Waals surface area contributed by atoms with Gasteiger partial charge in [-0.2, -0.15) is 0 Å². The first-order valence-electron chi connectivity index (χ1n) is 18.9. The van der Waals surface area contributed by atoms with Crippen molar-refractivity contribution in [2.45, 2.75) is 62.2 Å². The summed E-state index contributed by atoms with van der Waals surface area (Å²) >= 11 is 0. The van der Waals surface area contributed by atoms with Crippen molar-refractivity contribution in [1.82, 2.24) is 0 Å². The second-order valence-corrected chi connectivity index (χ2v) is 15.8. The molecule has 0 radical (unpaired) electrons. The molecular formula is C50H38. The zero-order valence-electron chi connectivity index (χ0n) is 28.4. The van der Waals surface area contributed by atoms with Crippen LogP contribution in [-0.2, 0) is 10.8 Å². The molecule has 12 rings (SSSR count). The van der Waals surface area contributed by atoms with Crippen molar-refractivity contribution in [1.29, 1.82) is 0 Å². The molecule has 2 saturated carbocycles. The van der Waals surface area contributed by atoms with Gasteiger partial charge in [0.05, 0.1) is 0 Å². The molecule has 0 amide bonds. The zero-order chi connectivity index (χ0) is 32.6. The third-order valence-corrected chi connectivity index (χ3v) is 13.7. The molecule has 0 aliphatic heterocycles. The highest BCUT2D eigenvalue weighted by Crippen LogP contribution is 2.59. The van der Waals surface area contributed by atoms with Crippen LogP contribution in [0.5, 0.6) is 0 Å². The lowest BCUT2D eigenvalue weighted by Crippen LogP contribution is -2.20. The van der Waals surface area contributed by atoms with E-state index in [-0.39, 0.29) is 10.8 Å². The molecule has 50 heavy (non-hydrogen) atoms. The van der Waals surface area contributed by atoms with Gasteiger partial charge >= 0.3 is 0 Å². The van der Waals surface area contributed by atoms with E-state index >= 15 is 0 Å². The predicted octanol–water partition coefficient (Wildman–Crippen LogP) is 13.6. The van der Waals surface area contributed by atoms with Crippen LogP contribution < -0.4 is 0 Å². The maximum atomic E-state index is 2.57. The highest BCUT2D eigenvalue weighted by Gasteiger charge is 2.46. The Morgan fingerprint density at radius 1 is 0.320 bits per heavy atom. The summed E-state index contributed by atoms with van der Waals surface area (Å²) in [5.41, 5.74) is 17.8. The topological polar surface area (TPSA) is 0 Å². The third kappa shape index (κ3) is 3.38. The molecule has 0 heterocycles. The lowest BCUT2D eigenvalue weighted by molar-refractivity contribution is 0.550. The fraction of sp³-hybridized carbons (Fsp3) is 0.200. The van der Waals surface area contributed by atoms with Crippen LogP contribution in [0.3, 0.4) is 0 Å². The van der Waals surface area contributed by atoms with Crippen LogP contribution in [-0.4, -0.2) is 0 Å². The van der Waals surface area contributed by atoms with E-state index in [2.05, 4.69) is 133 Å². The maximum absolute atomic E-state index is 2.57. The minimum absolute atomic E-state index is 0.176. The number of hydrogen-bond acceptors (Lipinski definition) is 0. The molecule has 0 bridgehead atoms. The van der Waals surface area contributed by atoms with Crippen molar-refractivity contribution in [3.8, 4) is 44.5 Å². The summed E-state index contributed by atoms with van der Waals surface area (Å²) in [5.74, 6) is 0. The maximum Gasteiger partial charge on any atom is 0.0215 e. The lowest BCUT2D eigenvalue weighted by atomic mass is 9.76. The Morgan fingerprint density at radius 3 is 1.16 bits per heavy atom. The van der Waals surface area contributed by atoms with Crippen LogP contribution >= 0.6 is 0 Å². The van der Waals surface area contributed by atoms with Crippen LogP contribution in [0.15, 0.2) is 133 Å². The molecule has 8 aromatic rings. The number of fused-ring (bicyclic) bond motifs is 10. The summed E-state index contributed by atoms with van der Waals surface area (Å²) in [7, 11) is 0. The average Bonchev–Trinajstić information content (AvgIpc) is 3.98. The molecule has 8 aromatic carbocycles. The fourth-order valence-electron chi connectivity index (χ4n) is 11.6. The Labute approximate surface area is 293 Å². The molecular weight excluding hydrogens is 601 g/mol. The monoisotopic (exact) mass is 638 g/mol. The van der Waals surface area contributed by atoms with Gasteiger partial charge in [-0.3, -0.25) is 0 Å². The highest BCUT2D eigenvalue weighted by molar-refractivity contribution is 6.27. The lowest BCUT2D eigenvalue weighted by Gasteiger charge is -2.27. The normalized spacial score (nSPS) is 17.7. The van der Waals surface area contributed by atoms with Crippen LogP contribution in [0.1, 0.15) is 73.6 Å². The van der Waals surface area contributed by atoms with E-state index in [0.717, 1.165) is 0 Å². The molecule has 4 aliphatic carbocycles. The zero-order valence-corrected chi connectivity index (χ0v) is 28.4. The number of rotatable bonds is 2. The van der Waals surface area contributed by atoms with Gasteiger partial charge in [0.15, 0.2) is 0 Å². The minimum atomic E-state index is 0.176. The molecule has 4 aliphatic rings. The van der Waals surface area contributed by atoms with Gasteiger partial charge in [0.2, 0.25) is 0 Å². The van der Waals surface area contributed by atoms with Gasteiger partial charge in [-0.05, 0) is 137 Å². The first kappa shape index (κ1) is 27.6. The molecule has 238 valence electrons. The van der Waals surface area contributed by atoms with Crippen LogP contribution in [0.2, 0.25) is 0 Å². The molecule has 2 spiro atoms. The Morgan fingerprint density at radius 2 is 0.700 bits per heavy atom. The van der Waals surface area contributed by atoms with Crippen molar-refractivity contribution >= 4 is 32.3 Å². The van der Waals surface area contributed by atoms with E-state index in [0.29, 0.717) is 0 Å². The van der Waals surface area contributed by atoms with Gasteiger partial charge in [-0.15, -0.1) is 0 Å². The van der Waals surface area contributed by atoms with E-state index in [1.807, 2.05) is 0 Å². The summed E-state index contributed by atoms with van der Waals surface area (Å²) in [6.45, 7) is 0. The molecule has 0 atom stereocenters. The smallest absolute Gasteiger partial charge is 0.0215 e. The third-order valence-electron chi connectivity index (χ3n) is 13.7. The van der Waals surface area contributed by atoms with Gasteiger partial charge in [0.1, 0.15) is 0 Å². The average molecular weight is 639 g/mol. The van der Waals surface area contributed by atoms with E-state index in [1.54, 1.807) is 22.3 Å². The first-order chi connectivity index (χ1) is 24.7. The van der Waals surface area contributed by atoms with Crippen molar-refractivity contribution in [2.24, 2.45) is 0 Å². The summed E-state index contributed by atoms with van der Waals surface area (Å²) in [4.78, 5) is 0. The fourth-order valence-corrected chi connectivity index (χ4v) is 11.6. The van der Waals surface area contributed by atoms with Gasteiger partial charge in [0.25, 0.3) is 0 Å². The Balaban J connectivity index is 1.05. The van der Waals surface area contributed by atoms with E-state index in [9.17, 15) is 0 Å². The van der Waals surface area contributed by atoms with Gasteiger partial charge in [-0.25, -0.2) is 0 Å². The second kappa shape index (κ2) is 9.73. The number of benzene rings is 8. The van der Waals surface area contributed by atoms with Crippen molar-refractivity contribution in [3.05, 3.63) is 156 Å². The summed E-state index contributed by atoms with van der Waals surface area (Å²) in [6, 6.07) is 52.2. The molecule has 0 saturated heterocycles. The van der Waals surface area contributed by atoms with E-state index in [4.69, 9.17) is 0 Å². The standard InChI is InChI=1S/C50H38/c1-3-11-43-37(9-1)39-21-17-33(29-45(39)49(43)25-5-6-26-49)35-19-13-31-16-24-42-36(20-14-32-15-23-41(35)47(31)48(32)42)34-18-22-40-38-10-2-4-12-44(38)50(46(40)30-34)27-7-8-28-50/h1-4,9-24,29-30H,5-8,25-28H2. The van der Waals surface area contributed by atoms with Crippen molar-refractivity contribution in [3.63, 3.8) is 0 Å². The Kier molecular flexibility index (Phi) is 5.37. The van der Waals surface area contributed by atoms with Gasteiger partial charge in [0, 0.05) is 10.8 Å². The van der Waals surface area contributed by atoms with E-state index in [1.165, 1.54) is 128 Å². The SMILES string of the molecule is c1ccc2c(c1)-c1ccc(-c3ccc4ccc5c(-c6ccc7c(c6)C6(CCCC6)c6ccccc6-7)ccc6ccc3c4c65)cc1C21CCCC1. The minimum Gasteiger partial charge on any atom is -0.0619 e. The summed E-state index contributed by atoms with van der Waals surface area (Å²) in [5, 5.41) is 8.19. The first-order valence-corrected chi connectivity index (χ1v) is 18.9. The Hall–Kier alpha value is -5.20. The Bertz CT molecular complexity index is 2520. The van der Waals surface area contributed by atoms with Crippen molar-refractivity contribution in [2.75, 3.05) is 0 Å². The second-order valence-electron chi connectivity index (χ2n) is 15.8. The largest absolute Gasteiger partial charge is 0.0619 e. The molecule has 0 unspecified atom stereocenters. The summed E-state index contributed by atoms with van der Waals surface area (Å²) in [6.07, 6.45) is 10.3. The molecule has 2 fully saturated rings. The summed E-state index contributed by atoms with van der Waals surface area (Å²) < 4.78 is 0. The molecule has 0 nitrogen and oxygen atoms in total. The predicted molar refractivity (Wildman–Crippen MR) is 210 cm³/mol. The molecule has 0 N–H and O–H groups in total. The molecule has 0 heteroatoms. The van der Waals surface area contributed by atoms with Crippen molar-refractivity contribution < 1.29 is 0 Å². The van der Waals surface area contributed by atoms with Crippen LogP contribution in [0, 0.1) is 0 Å². The van der Waals surface area contributed by atoms with Crippen LogP contribution in [0.4, 0.5) is 0 Å². The van der Waals surface area contributed by atoms with E-state index < -0.39 is 0 Å². The van der Waals surface area contributed by atoms with Gasteiger partial charge < -0.3 is 0 Å².